The number of carbonyl (C=O) groups is 1. The number of hydrogen-bond acceptors (Lipinski definition) is 3. The summed E-state index contributed by atoms with van der Waals surface area (Å²) < 4.78 is 4.92. The van der Waals surface area contributed by atoms with Crippen molar-refractivity contribution < 1.29 is 9.53 Å². The fraction of sp³-hybridized carbons (Fsp3) is 0.700. The first-order valence-electron chi connectivity index (χ1n) is 4.79. The molecule has 3 heteroatoms. The Morgan fingerprint density at radius 3 is 3.00 bits per heavy atom. The molecule has 0 bridgehead atoms. The maximum atomic E-state index is 11.4. The van der Waals surface area contributed by atoms with E-state index in [4.69, 9.17) is 10.5 Å². The minimum Gasteiger partial charge on any atom is -0.463 e. The molecule has 0 aromatic carbocycles. The Hall–Kier alpha value is -0.990. The zero-order valence-corrected chi connectivity index (χ0v) is 8.30. The molecule has 0 aromatic heterocycles. The molecule has 74 valence electrons. The largest absolute Gasteiger partial charge is 0.463 e. The van der Waals surface area contributed by atoms with Gasteiger partial charge in [-0.1, -0.05) is 6.92 Å². The van der Waals surface area contributed by atoms with Gasteiger partial charge in [0.05, 0.1) is 12.2 Å². The number of esters is 1. The van der Waals surface area contributed by atoms with Gasteiger partial charge in [-0.15, -0.1) is 0 Å². The average molecular weight is 183 g/mol. The van der Waals surface area contributed by atoms with E-state index < -0.39 is 0 Å². The molecule has 0 aromatic rings. The van der Waals surface area contributed by atoms with Crippen LogP contribution in [0.15, 0.2) is 11.3 Å². The molecule has 1 aliphatic rings. The summed E-state index contributed by atoms with van der Waals surface area (Å²) >= 11 is 0. The molecular weight excluding hydrogens is 166 g/mol. The molecule has 0 saturated carbocycles. The van der Waals surface area contributed by atoms with E-state index in [1.54, 1.807) is 6.92 Å². The summed E-state index contributed by atoms with van der Waals surface area (Å²) in [6.07, 6.45) is 2.68. The van der Waals surface area contributed by atoms with Crippen LogP contribution >= 0.6 is 0 Å². The SMILES string of the molecule is CCOC(=O)C1=C(N)CC[C@@H](C)C1. The molecular formula is C10H17NO2. The highest BCUT2D eigenvalue weighted by Gasteiger charge is 2.22. The number of ether oxygens (including phenoxy) is 1. The Morgan fingerprint density at radius 1 is 1.69 bits per heavy atom. The minimum absolute atomic E-state index is 0.230. The Morgan fingerprint density at radius 2 is 2.38 bits per heavy atom. The van der Waals surface area contributed by atoms with Crippen LogP contribution in [0.3, 0.4) is 0 Å². The predicted molar refractivity (Wildman–Crippen MR) is 50.9 cm³/mol. The summed E-state index contributed by atoms with van der Waals surface area (Å²) in [4.78, 5) is 11.4. The van der Waals surface area contributed by atoms with Gasteiger partial charge in [-0.25, -0.2) is 4.79 Å². The fourth-order valence-corrected chi connectivity index (χ4v) is 1.57. The van der Waals surface area contributed by atoms with E-state index in [1.165, 1.54) is 0 Å². The molecule has 0 fully saturated rings. The van der Waals surface area contributed by atoms with Crippen LogP contribution in [0.5, 0.6) is 0 Å². The van der Waals surface area contributed by atoms with Crippen LogP contribution in [0.2, 0.25) is 0 Å². The molecule has 1 atom stereocenters. The van der Waals surface area contributed by atoms with E-state index in [0.717, 1.165) is 25.0 Å². The highest BCUT2D eigenvalue weighted by atomic mass is 16.5. The normalized spacial score (nSPS) is 23.1. The van der Waals surface area contributed by atoms with Gasteiger partial charge >= 0.3 is 5.97 Å². The summed E-state index contributed by atoms with van der Waals surface area (Å²) in [5.41, 5.74) is 7.17. The van der Waals surface area contributed by atoms with Gasteiger partial charge < -0.3 is 10.5 Å². The summed E-state index contributed by atoms with van der Waals surface area (Å²) in [7, 11) is 0. The lowest BCUT2D eigenvalue weighted by Gasteiger charge is -2.21. The first-order chi connectivity index (χ1) is 6.15. The molecule has 1 aliphatic carbocycles. The molecule has 3 nitrogen and oxygen atoms in total. The Kier molecular flexibility index (Phi) is 3.34. The smallest absolute Gasteiger partial charge is 0.335 e. The van der Waals surface area contributed by atoms with Gasteiger partial charge in [0.15, 0.2) is 0 Å². The molecule has 0 unspecified atom stereocenters. The van der Waals surface area contributed by atoms with E-state index in [9.17, 15) is 4.79 Å². The van der Waals surface area contributed by atoms with Crippen LogP contribution in [0.1, 0.15) is 33.1 Å². The topological polar surface area (TPSA) is 52.3 Å². The van der Waals surface area contributed by atoms with Crippen LogP contribution in [0.25, 0.3) is 0 Å². The van der Waals surface area contributed by atoms with Gasteiger partial charge in [-0.2, -0.15) is 0 Å². The third kappa shape index (κ3) is 2.47. The summed E-state index contributed by atoms with van der Waals surface area (Å²) in [5.74, 6) is 0.318. The van der Waals surface area contributed by atoms with Crippen molar-refractivity contribution in [3.8, 4) is 0 Å². The molecule has 0 saturated heterocycles. The first-order valence-corrected chi connectivity index (χ1v) is 4.79. The van der Waals surface area contributed by atoms with Crippen molar-refractivity contribution in [3.63, 3.8) is 0 Å². The monoisotopic (exact) mass is 183 g/mol. The number of rotatable bonds is 2. The van der Waals surface area contributed by atoms with Crippen LogP contribution in [0.4, 0.5) is 0 Å². The van der Waals surface area contributed by atoms with Crippen molar-refractivity contribution in [2.45, 2.75) is 33.1 Å². The Labute approximate surface area is 78.9 Å². The quantitative estimate of drug-likeness (QED) is 0.661. The van der Waals surface area contributed by atoms with E-state index in [-0.39, 0.29) is 5.97 Å². The van der Waals surface area contributed by atoms with Gasteiger partial charge in [0.25, 0.3) is 0 Å². The van der Waals surface area contributed by atoms with Gasteiger partial charge in [0, 0.05) is 5.70 Å². The van der Waals surface area contributed by atoms with Crippen LogP contribution in [-0.2, 0) is 9.53 Å². The maximum absolute atomic E-state index is 11.4. The highest BCUT2D eigenvalue weighted by molar-refractivity contribution is 5.89. The maximum Gasteiger partial charge on any atom is 0.335 e. The predicted octanol–water partition coefficient (Wildman–Crippen LogP) is 1.58. The minimum atomic E-state index is -0.230. The second-order valence-corrected chi connectivity index (χ2v) is 3.57. The second-order valence-electron chi connectivity index (χ2n) is 3.57. The zero-order chi connectivity index (χ0) is 9.84. The molecule has 1 rings (SSSR count). The van der Waals surface area contributed by atoms with Gasteiger partial charge in [0.2, 0.25) is 0 Å². The lowest BCUT2D eigenvalue weighted by Crippen LogP contribution is -2.20. The third-order valence-corrected chi connectivity index (χ3v) is 2.37. The lowest BCUT2D eigenvalue weighted by molar-refractivity contribution is -0.139. The van der Waals surface area contributed by atoms with Crippen LogP contribution in [-0.4, -0.2) is 12.6 Å². The van der Waals surface area contributed by atoms with Crippen molar-refractivity contribution in [3.05, 3.63) is 11.3 Å². The molecule has 0 amide bonds. The summed E-state index contributed by atoms with van der Waals surface area (Å²) in [6, 6.07) is 0. The van der Waals surface area contributed by atoms with Gasteiger partial charge in [-0.05, 0) is 32.1 Å². The third-order valence-electron chi connectivity index (χ3n) is 2.37. The average Bonchev–Trinajstić information content (AvgIpc) is 2.09. The summed E-state index contributed by atoms with van der Waals surface area (Å²) in [5, 5.41) is 0. The summed E-state index contributed by atoms with van der Waals surface area (Å²) in [6.45, 7) is 4.36. The lowest BCUT2D eigenvalue weighted by atomic mass is 9.88. The fourth-order valence-electron chi connectivity index (χ4n) is 1.57. The van der Waals surface area contributed by atoms with Crippen molar-refractivity contribution in [1.29, 1.82) is 0 Å². The zero-order valence-electron chi connectivity index (χ0n) is 8.30. The van der Waals surface area contributed by atoms with Gasteiger partial charge in [0.1, 0.15) is 0 Å². The van der Waals surface area contributed by atoms with Crippen molar-refractivity contribution in [2.24, 2.45) is 11.7 Å². The van der Waals surface area contributed by atoms with Gasteiger partial charge in [-0.3, -0.25) is 0 Å². The van der Waals surface area contributed by atoms with E-state index in [1.807, 2.05) is 0 Å². The number of carbonyl (C=O) groups excluding carboxylic acids is 1. The number of allylic oxidation sites excluding steroid dienone is 1. The molecule has 13 heavy (non-hydrogen) atoms. The Balaban J connectivity index is 2.70. The number of nitrogens with two attached hydrogens (primary N) is 1. The first kappa shape index (κ1) is 10.1. The second kappa shape index (κ2) is 4.30. The standard InChI is InChI=1S/C10H17NO2/c1-3-13-10(12)8-6-7(2)4-5-9(8)11/h7H,3-6,11H2,1-2H3/t7-/m1/s1. The van der Waals surface area contributed by atoms with E-state index >= 15 is 0 Å². The van der Waals surface area contributed by atoms with Crippen molar-refractivity contribution in [1.82, 2.24) is 0 Å². The molecule has 0 aliphatic heterocycles. The van der Waals surface area contributed by atoms with Crippen LogP contribution in [0, 0.1) is 5.92 Å². The highest BCUT2D eigenvalue weighted by Crippen LogP contribution is 2.27. The van der Waals surface area contributed by atoms with E-state index in [0.29, 0.717) is 18.1 Å². The van der Waals surface area contributed by atoms with E-state index in [2.05, 4.69) is 6.92 Å². The molecule has 0 radical (unpaired) electrons. The van der Waals surface area contributed by atoms with Crippen LogP contribution < -0.4 is 5.73 Å². The number of hydrogen-bond donors (Lipinski definition) is 1. The molecule has 0 heterocycles. The van der Waals surface area contributed by atoms with Crippen molar-refractivity contribution >= 4 is 5.97 Å². The molecule has 2 N–H and O–H groups in total. The van der Waals surface area contributed by atoms with Crippen molar-refractivity contribution in [2.75, 3.05) is 6.61 Å². The molecule has 0 spiro atoms. The Bertz CT molecular complexity index is 233.